The Balaban J connectivity index is 5.14. The maximum atomic E-state index is 11.6. The first-order chi connectivity index (χ1) is 7.94. The number of carbonyl (C=O) groups is 1. The highest BCUT2D eigenvalue weighted by Gasteiger charge is 2.41. The zero-order valence-corrected chi connectivity index (χ0v) is 14.3. The molecule has 0 aromatic rings. The van der Waals surface area contributed by atoms with E-state index in [1.165, 1.54) is 0 Å². The van der Waals surface area contributed by atoms with E-state index in [0.29, 0.717) is 0 Å². The fourth-order valence-electron chi connectivity index (χ4n) is 1.55. The van der Waals surface area contributed by atoms with Crippen molar-refractivity contribution >= 4 is 14.1 Å². The summed E-state index contributed by atoms with van der Waals surface area (Å²) in [5.41, 5.74) is 0. The first kappa shape index (κ1) is 17.6. The average Bonchev–Trinajstić information content (AvgIpc) is 2.22. The van der Waals surface area contributed by atoms with Gasteiger partial charge in [-0.1, -0.05) is 40.7 Å². The largest absolute Gasteiger partial charge is 0.413 e. The number of hydrogen-bond donors (Lipinski definition) is 0. The molecule has 3 heteroatoms. The van der Waals surface area contributed by atoms with Crippen molar-refractivity contribution in [2.45, 2.75) is 65.8 Å². The Morgan fingerprint density at radius 2 is 1.72 bits per heavy atom. The minimum Gasteiger partial charge on any atom is -0.413 e. The summed E-state index contributed by atoms with van der Waals surface area (Å²) in [6.07, 6.45) is 1.83. The van der Waals surface area contributed by atoms with Crippen LogP contribution >= 0.6 is 0 Å². The van der Waals surface area contributed by atoms with Gasteiger partial charge in [-0.15, -0.1) is 6.58 Å². The molecule has 0 fully saturated rings. The average molecular weight is 270 g/mol. The monoisotopic (exact) mass is 270 g/mol. The van der Waals surface area contributed by atoms with Crippen molar-refractivity contribution in [2.24, 2.45) is 11.8 Å². The van der Waals surface area contributed by atoms with Gasteiger partial charge in [0.15, 0.2) is 8.32 Å². The van der Waals surface area contributed by atoms with Crippen LogP contribution < -0.4 is 0 Å². The second-order valence-electron chi connectivity index (χ2n) is 6.84. The molecule has 0 aliphatic carbocycles. The van der Waals surface area contributed by atoms with Crippen molar-refractivity contribution in [1.82, 2.24) is 0 Å². The molecule has 0 spiro atoms. The molecule has 3 atom stereocenters. The van der Waals surface area contributed by atoms with Crippen LogP contribution in [-0.4, -0.2) is 20.2 Å². The third-order valence-corrected chi connectivity index (χ3v) is 8.73. The van der Waals surface area contributed by atoms with Gasteiger partial charge in [0.05, 0.1) is 6.10 Å². The Kier molecular flexibility index (Phi) is 6.01. The molecule has 0 N–H and O–H groups in total. The zero-order chi connectivity index (χ0) is 14.7. The molecular formula is C15H30O2Si. The molecule has 0 rings (SSSR count). The van der Waals surface area contributed by atoms with Crippen LogP contribution in [0.25, 0.3) is 0 Å². The normalized spacial score (nSPS) is 18.0. The molecule has 0 aliphatic rings. The lowest BCUT2D eigenvalue weighted by molar-refractivity contribution is -0.123. The third kappa shape index (κ3) is 4.36. The Hall–Kier alpha value is -0.413. The Morgan fingerprint density at radius 3 is 2.00 bits per heavy atom. The summed E-state index contributed by atoms with van der Waals surface area (Å²) in [5.74, 6) is 0.303. The van der Waals surface area contributed by atoms with Crippen LogP contribution in [0.2, 0.25) is 18.1 Å². The van der Waals surface area contributed by atoms with Gasteiger partial charge in [-0.2, -0.15) is 0 Å². The lowest BCUT2D eigenvalue weighted by Crippen LogP contribution is -2.48. The topological polar surface area (TPSA) is 26.3 Å². The van der Waals surface area contributed by atoms with E-state index < -0.39 is 8.32 Å². The maximum absolute atomic E-state index is 11.6. The highest BCUT2D eigenvalue weighted by Crippen LogP contribution is 2.39. The quantitative estimate of drug-likeness (QED) is 0.527. The van der Waals surface area contributed by atoms with Crippen LogP contribution in [0.1, 0.15) is 41.5 Å². The molecule has 0 bridgehead atoms. The van der Waals surface area contributed by atoms with E-state index >= 15 is 0 Å². The Bertz CT molecular complexity index is 302. The van der Waals surface area contributed by atoms with Crippen LogP contribution in [0.3, 0.4) is 0 Å². The fourth-order valence-corrected chi connectivity index (χ4v) is 3.00. The van der Waals surface area contributed by atoms with Crippen molar-refractivity contribution in [3.8, 4) is 0 Å². The van der Waals surface area contributed by atoms with Gasteiger partial charge in [-0.05, 0) is 31.0 Å². The summed E-state index contributed by atoms with van der Waals surface area (Å²) in [4.78, 5) is 11.6. The predicted octanol–water partition coefficient (Wildman–Crippen LogP) is 4.42. The molecule has 0 aromatic heterocycles. The third-order valence-electron chi connectivity index (χ3n) is 4.26. The minimum atomic E-state index is -1.86. The van der Waals surface area contributed by atoms with Gasteiger partial charge in [0.2, 0.25) is 0 Å². The van der Waals surface area contributed by atoms with Crippen LogP contribution in [-0.2, 0) is 9.22 Å². The molecule has 0 saturated carbocycles. The molecule has 0 heterocycles. The van der Waals surface area contributed by atoms with Crippen LogP contribution in [0.15, 0.2) is 12.7 Å². The first-order valence-electron chi connectivity index (χ1n) is 6.75. The molecule has 0 amide bonds. The molecule has 0 unspecified atom stereocenters. The van der Waals surface area contributed by atoms with Gasteiger partial charge < -0.3 is 4.43 Å². The number of rotatable bonds is 6. The molecule has 106 valence electrons. The summed E-state index contributed by atoms with van der Waals surface area (Å²) < 4.78 is 6.42. The molecule has 0 aromatic carbocycles. The molecule has 0 saturated heterocycles. The smallest absolute Gasteiger partial charge is 0.192 e. The highest BCUT2D eigenvalue weighted by atomic mass is 28.4. The fraction of sp³-hybridized carbons (Fsp3) is 0.800. The van der Waals surface area contributed by atoms with E-state index in [0.717, 1.165) is 0 Å². The van der Waals surface area contributed by atoms with Gasteiger partial charge in [-0.25, -0.2) is 0 Å². The van der Waals surface area contributed by atoms with E-state index in [1.807, 2.05) is 13.0 Å². The van der Waals surface area contributed by atoms with Crippen molar-refractivity contribution in [2.75, 3.05) is 0 Å². The first-order valence-corrected chi connectivity index (χ1v) is 9.65. The second-order valence-corrected chi connectivity index (χ2v) is 11.6. The molecule has 2 nitrogen and oxygen atoms in total. The standard InChI is InChI=1S/C15H30O2Si/c1-10-11(2)14(12(3)13(4)16)17-18(8,9)15(5,6)7/h10-12,14H,1H2,2-9H3/t11-,12-,14+/m0/s1. The van der Waals surface area contributed by atoms with E-state index in [4.69, 9.17) is 4.43 Å². The summed E-state index contributed by atoms with van der Waals surface area (Å²) in [7, 11) is -1.86. The van der Waals surface area contributed by atoms with Gasteiger partial charge in [0.25, 0.3) is 0 Å². The zero-order valence-electron chi connectivity index (χ0n) is 13.3. The van der Waals surface area contributed by atoms with Gasteiger partial charge in [-0.3, -0.25) is 4.79 Å². The summed E-state index contributed by atoms with van der Waals surface area (Å²) in [6, 6.07) is 0. The Morgan fingerprint density at radius 1 is 1.28 bits per heavy atom. The number of ketones is 1. The van der Waals surface area contributed by atoms with E-state index in [-0.39, 0.29) is 28.8 Å². The van der Waals surface area contributed by atoms with Gasteiger partial charge in [0, 0.05) is 5.92 Å². The van der Waals surface area contributed by atoms with E-state index in [9.17, 15) is 4.79 Å². The predicted molar refractivity (Wildman–Crippen MR) is 81.3 cm³/mol. The van der Waals surface area contributed by atoms with Crippen molar-refractivity contribution in [3.63, 3.8) is 0 Å². The lowest BCUT2D eigenvalue weighted by Gasteiger charge is -2.42. The summed E-state index contributed by atoms with van der Waals surface area (Å²) in [6.45, 7) is 20.6. The van der Waals surface area contributed by atoms with Crippen LogP contribution in [0.5, 0.6) is 0 Å². The Labute approximate surface area is 114 Å². The van der Waals surface area contributed by atoms with E-state index in [1.54, 1.807) is 6.92 Å². The second kappa shape index (κ2) is 6.16. The molecule has 18 heavy (non-hydrogen) atoms. The lowest BCUT2D eigenvalue weighted by atomic mass is 9.91. The number of hydrogen-bond acceptors (Lipinski definition) is 2. The van der Waals surface area contributed by atoms with Crippen LogP contribution in [0.4, 0.5) is 0 Å². The van der Waals surface area contributed by atoms with Crippen molar-refractivity contribution in [1.29, 1.82) is 0 Å². The van der Waals surface area contributed by atoms with Gasteiger partial charge >= 0.3 is 0 Å². The number of carbonyl (C=O) groups excluding carboxylic acids is 1. The molecular weight excluding hydrogens is 240 g/mol. The highest BCUT2D eigenvalue weighted by molar-refractivity contribution is 6.74. The maximum Gasteiger partial charge on any atom is 0.192 e. The summed E-state index contributed by atoms with van der Waals surface area (Å²) in [5, 5.41) is 0.155. The number of Topliss-reactive ketones (excluding diaryl/α,β-unsaturated/α-hetero) is 1. The minimum absolute atomic E-state index is 0.0547. The van der Waals surface area contributed by atoms with E-state index in [2.05, 4.69) is 47.4 Å². The van der Waals surface area contributed by atoms with Crippen molar-refractivity contribution < 1.29 is 9.22 Å². The molecule has 0 aliphatic heterocycles. The van der Waals surface area contributed by atoms with Gasteiger partial charge in [0.1, 0.15) is 5.78 Å². The van der Waals surface area contributed by atoms with Crippen LogP contribution in [0, 0.1) is 11.8 Å². The SMILES string of the molecule is C=C[C@H](C)[C@@H](O[Si](C)(C)C(C)(C)C)[C@@H](C)C(C)=O. The summed E-state index contributed by atoms with van der Waals surface area (Å²) >= 11 is 0. The molecule has 0 radical (unpaired) electrons. The van der Waals surface area contributed by atoms with Crippen molar-refractivity contribution in [3.05, 3.63) is 12.7 Å².